The molecule has 0 saturated heterocycles. The molecule has 0 bridgehead atoms. The molecule has 1 aromatic carbocycles. The maximum Gasteiger partial charge on any atom is 0.251 e. The van der Waals surface area contributed by atoms with Crippen molar-refractivity contribution >= 4 is 11.0 Å². The molecule has 0 aliphatic rings. The van der Waals surface area contributed by atoms with Gasteiger partial charge in [-0.15, -0.1) is 0 Å². The molecule has 0 saturated carbocycles. The number of nitrogens with zero attached hydrogens (tertiary/aromatic N) is 1. The molecular formula is C15H13FN2O2. The summed E-state index contributed by atoms with van der Waals surface area (Å²) >= 11 is 0. The van der Waals surface area contributed by atoms with E-state index in [0.717, 1.165) is 0 Å². The van der Waals surface area contributed by atoms with Crippen molar-refractivity contribution < 1.29 is 8.81 Å². The van der Waals surface area contributed by atoms with Crippen LogP contribution in [0.25, 0.3) is 22.4 Å². The summed E-state index contributed by atoms with van der Waals surface area (Å²) in [4.78, 5) is 18.7. The SMILES string of the molecule is CC(C)c1nc(-c2cc3cccc(F)c3o2)cc(=O)[nH]1. The molecule has 2 aromatic heterocycles. The molecule has 0 amide bonds. The van der Waals surface area contributed by atoms with E-state index in [1.165, 1.54) is 12.1 Å². The van der Waals surface area contributed by atoms with E-state index in [9.17, 15) is 9.18 Å². The lowest BCUT2D eigenvalue weighted by Crippen LogP contribution is -2.11. The van der Waals surface area contributed by atoms with Gasteiger partial charge in [0, 0.05) is 17.4 Å². The zero-order valence-corrected chi connectivity index (χ0v) is 11.1. The second kappa shape index (κ2) is 4.59. The number of hydrogen-bond donors (Lipinski definition) is 1. The first-order chi connectivity index (χ1) is 9.54. The van der Waals surface area contributed by atoms with E-state index >= 15 is 0 Å². The molecule has 2 heterocycles. The monoisotopic (exact) mass is 272 g/mol. The molecule has 0 atom stereocenters. The van der Waals surface area contributed by atoms with Crippen LogP contribution < -0.4 is 5.56 Å². The minimum Gasteiger partial charge on any atom is -0.451 e. The van der Waals surface area contributed by atoms with Crippen molar-refractivity contribution in [3.05, 3.63) is 52.3 Å². The number of nitrogens with one attached hydrogen (secondary N) is 1. The van der Waals surface area contributed by atoms with Gasteiger partial charge in [0.2, 0.25) is 0 Å². The Balaban J connectivity index is 2.20. The molecule has 0 fully saturated rings. The lowest BCUT2D eigenvalue weighted by atomic mass is 10.2. The van der Waals surface area contributed by atoms with Gasteiger partial charge in [0.1, 0.15) is 11.5 Å². The molecule has 0 aliphatic heterocycles. The number of rotatable bonds is 2. The third-order valence-electron chi connectivity index (χ3n) is 3.06. The Hall–Kier alpha value is -2.43. The predicted molar refractivity (Wildman–Crippen MR) is 74.1 cm³/mol. The number of fused-ring (bicyclic) bond motifs is 1. The Bertz CT molecular complexity index is 833. The van der Waals surface area contributed by atoms with Crippen molar-refractivity contribution in [2.75, 3.05) is 0 Å². The lowest BCUT2D eigenvalue weighted by molar-refractivity contribution is 0.567. The van der Waals surface area contributed by atoms with Crippen LogP contribution in [-0.4, -0.2) is 9.97 Å². The molecule has 0 spiro atoms. The Labute approximate surface area is 114 Å². The summed E-state index contributed by atoms with van der Waals surface area (Å²) in [7, 11) is 0. The maximum absolute atomic E-state index is 13.6. The van der Waals surface area contributed by atoms with Crippen LogP contribution in [0, 0.1) is 5.82 Å². The molecule has 102 valence electrons. The second-order valence-corrected chi connectivity index (χ2v) is 4.94. The molecule has 0 aliphatic carbocycles. The quantitative estimate of drug-likeness (QED) is 0.777. The highest BCUT2D eigenvalue weighted by Gasteiger charge is 2.13. The molecule has 3 aromatic rings. The van der Waals surface area contributed by atoms with Gasteiger partial charge in [0.25, 0.3) is 5.56 Å². The fourth-order valence-corrected chi connectivity index (χ4v) is 2.03. The van der Waals surface area contributed by atoms with Crippen molar-refractivity contribution in [3.8, 4) is 11.5 Å². The molecule has 0 radical (unpaired) electrons. The first-order valence-electron chi connectivity index (χ1n) is 6.34. The molecule has 5 heteroatoms. The zero-order chi connectivity index (χ0) is 14.3. The normalized spacial score (nSPS) is 11.4. The van der Waals surface area contributed by atoms with Crippen LogP contribution in [0.3, 0.4) is 0 Å². The highest BCUT2D eigenvalue weighted by Crippen LogP contribution is 2.28. The molecule has 4 nitrogen and oxygen atoms in total. The number of H-pyrrole nitrogens is 1. The highest BCUT2D eigenvalue weighted by molar-refractivity contribution is 5.82. The first kappa shape index (κ1) is 12.6. The Kier molecular flexibility index (Phi) is 2.89. The minimum absolute atomic E-state index is 0.0868. The van der Waals surface area contributed by atoms with Crippen LogP contribution in [0.15, 0.2) is 39.5 Å². The van der Waals surface area contributed by atoms with E-state index < -0.39 is 5.82 Å². The minimum atomic E-state index is -0.428. The first-order valence-corrected chi connectivity index (χ1v) is 6.34. The van der Waals surface area contributed by atoms with Gasteiger partial charge in [0.05, 0.1) is 0 Å². The Morgan fingerprint density at radius 1 is 1.30 bits per heavy atom. The fourth-order valence-electron chi connectivity index (χ4n) is 2.03. The third kappa shape index (κ3) is 2.11. The number of hydrogen-bond acceptors (Lipinski definition) is 3. The average Bonchev–Trinajstić information content (AvgIpc) is 2.83. The van der Waals surface area contributed by atoms with Gasteiger partial charge in [-0.05, 0) is 12.1 Å². The van der Waals surface area contributed by atoms with Gasteiger partial charge >= 0.3 is 0 Å². The van der Waals surface area contributed by atoms with Gasteiger partial charge < -0.3 is 9.40 Å². The maximum atomic E-state index is 13.6. The standard InChI is InChI=1S/C15H13FN2O2/c1-8(2)15-17-11(7-13(19)18-15)12-6-9-4-3-5-10(16)14(9)20-12/h3-8H,1-2H3,(H,17,18,19). The zero-order valence-electron chi connectivity index (χ0n) is 11.1. The summed E-state index contributed by atoms with van der Waals surface area (Å²) in [6.07, 6.45) is 0. The van der Waals surface area contributed by atoms with Gasteiger partial charge in [0.15, 0.2) is 17.2 Å². The molecular weight excluding hydrogens is 259 g/mol. The van der Waals surface area contributed by atoms with Gasteiger partial charge in [-0.1, -0.05) is 26.0 Å². The number of aromatic amines is 1. The van der Waals surface area contributed by atoms with Crippen LogP contribution in [-0.2, 0) is 0 Å². The van der Waals surface area contributed by atoms with Gasteiger partial charge in [-0.2, -0.15) is 0 Å². The summed E-state index contributed by atoms with van der Waals surface area (Å²) in [5, 5.41) is 0.646. The number of para-hydroxylation sites is 1. The lowest BCUT2D eigenvalue weighted by Gasteiger charge is -2.04. The van der Waals surface area contributed by atoms with E-state index in [2.05, 4.69) is 9.97 Å². The average molecular weight is 272 g/mol. The second-order valence-electron chi connectivity index (χ2n) is 4.94. The van der Waals surface area contributed by atoms with Crippen LogP contribution in [0.4, 0.5) is 4.39 Å². The van der Waals surface area contributed by atoms with Crippen LogP contribution >= 0.6 is 0 Å². The molecule has 0 unspecified atom stereocenters. The van der Waals surface area contributed by atoms with Crippen molar-refractivity contribution in [1.82, 2.24) is 9.97 Å². The number of aromatic nitrogens is 2. The van der Waals surface area contributed by atoms with E-state index in [-0.39, 0.29) is 17.1 Å². The topological polar surface area (TPSA) is 58.9 Å². The number of halogens is 1. The van der Waals surface area contributed by atoms with Crippen molar-refractivity contribution in [1.29, 1.82) is 0 Å². The smallest absolute Gasteiger partial charge is 0.251 e. The molecule has 20 heavy (non-hydrogen) atoms. The van der Waals surface area contributed by atoms with E-state index in [4.69, 9.17) is 4.42 Å². The van der Waals surface area contributed by atoms with Crippen molar-refractivity contribution in [2.45, 2.75) is 19.8 Å². The van der Waals surface area contributed by atoms with Crippen LogP contribution in [0.2, 0.25) is 0 Å². The predicted octanol–water partition coefficient (Wildman–Crippen LogP) is 3.45. The number of benzene rings is 1. The summed E-state index contributed by atoms with van der Waals surface area (Å²) in [5.41, 5.74) is 0.336. The van der Waals surface area contributed by atoms with Gasteiger partial charge in [-0.25, -0.2) is 9.37 Å². The Morgan fingerprint density at radius 3 is 2.80 bits per heavy atom. The van der Waals surface area contributed by atoms with Crippen LogP contribution in [0.5, 0.6) is 0 Å². The molecule has 1 N–H and O–H groups in total. The van der Waals surface area contributed by atoms with E-state index in [0.29, 0.717) is 22.7 Å². The largest absolute Gasteiger partial charge is 0.451 e. The third-order valence-corrected chi connectivity index (χ3v) is 3.06. The van der Waals surface area contributed by atoms with Crippen LogP contribution in [0.1, 0.15) is 25.6 Å². The summed E-state index contributed by atoms with van der Waals surface area (Å²) in [6.45, 7) is 3.86. The molecule has 3 rings (SSSR count). The van der Waals surface area contributed by atoms with Crippen molar-refractivity contribution in [2.24, 2.45) is 0 Å². The summed E-state index contributed by atoms with van der Waals surface area (Å²) in [5.74, 6) is 0.623. The van der Waals surface area contributed by atoms with E-state index in [1.54, 1.807) is 18.2 Å². The summed E-state index contributed by atoms with van der Waals surface area (Å²) < 4.78 is 19.1. The van der Waals surface area contributed by atoms with E-state index in [1.807, 2.05) is 13.8 Å². The van der Waals surface area contributed by atoms with Crippen molar-refractivity contribution in [3.63, 3.8) is 0 Å². The van der Waals surface area contributed by atoms with Gasteiger partial charge in [-0.3, -0.25) is 4.79 Å². The number of furan rings is 1. The highest BCUT2D eigenvalue weighted by atomic mass is 19.1. The summed E-state index contributed by atoms with van der Waals surface area (Å²) in [6, 6.07) is 7.73. The Morgan fingerprint density at radius 2 is 2.10 bits per heavy atom. The fraction of sp³-hybridized carbons (Fsp3) is 0.200.